The average Bonchev–Trinajstić information content (AvgIpc) is 2.76. The van der Waals surface area contributed by atoms with E-state index in [0.717, 1.165) is 12.3 Å². The molecule has 2 aromatic heterocycles. The fourth-order valence-corrected chi connectivity index (χ4v) is 1.43. The number of nitrogens with one attached hydrogen (secondary N) is 2. The van der Waals surface area contributed by atoms with E-state index in [0.29, 0.717) is 11.6 Å². The van der Waals surface area contributed by atoms with E-state index in [9.17, 15) is 9.18 Å². The number of H-pyrrole nitrogens is 1. The third kappa shape index (κ3) is 2.68. The zero-order valence-corrected chi connectivity index (χ0v) is 9.94. The van der Waals surface area contributed by atoms with Crippen LogP contribution in [0.15, 0.2) is 18.5 Å². The number of hydrogen-bond acceptors (Lipinski definition) is 4. The molecule has 1 unspecified atom stereocenters. The SMILES string of the molecule is Cc1nc(C(C)NC(=O)c2cncc(F)c2)n[nH]1. The molecule has 18 heavy (non-hydrogen) atoms. The van der Waals surface area contributed by atoms with Gasteiger partial charge in [0, 0.05) is 6.20 Å². The molecule has 94 valence electrons. The van der Waals surface area contributed by atoms with Gasteiger partial charge in [0.15, 0.2) is 5.82 Å². The quantitative estimate of drug-likeness (QED) is 0.854. The van der Waals surface area contributed by atoms with Crippen LogP contribution in [0, 0.1) is 12.7 Å². The number of aromatic amines is 1. The molecule has 0 aliphatic heterocycles. The summed E-state index contributed by atoms with van der Waals surface area (Å²) in [7, 11) is 0. The first-order chi connectivity index (χ1) is 8.56. The van der Waals surface area contributed by atoms with Gasteiger partial charge in [0.25, 0.3) is 5.91 Å². The van der Waals surface area contributed by atoms with Crippen molar-refractivity contribution in [3.63, 3.8) is 0 Å². The van der Waals surface area contributed by atoms with Crippen LogP contribution in [0.5, 0.6) is 0 Å². The van der Waals surface area contributed by atoms with Crippen molar-refractivity contribution in [2.45, 2.75) is 19.9 Å². The van der Waals surface area contributed by atoms with Crippen LogP contribution in [-0.4, -0.2) is 26.1 Å². The van der Waals surface area contributed by atoms with Crippen molar-refractivity contribution in [2.75, 3.05) is 0 Å². The lowest BCUT2D eigenvalue weighted by Gasteiger charge is -2.10. The Bertz CT molecular complexity index is 568. The predicted octanol–water partition coefficient (Wildman–Crippen LogP) is 1.14. The van der Waals surface area contributed by atoms with Gasteiger partial charge in [0.05, 0.1) is 17.8 Å². The molecule has 0 saturated heterocycles. The van der Waals surface area contributed by atoms with Gasteiger partial charge in [0.2, 0.25) is 0 Å². The van der Waals surface area contributed by atoms with Crippen molar-refractivity contribution < 1.29 is 9.18 Å². The number of nitrogens with zero attached hydrogens (tertiary/aromatic N) is 3. The average molecular weight is 249 g/mol. The van der Waals surface area contributed by atoms with E-state index in [-0.39, 0.29) is 11.6 Å². The van der Waals surface area contributed by atoms with Crippen molar-refractivity contribution in [1.29, 1.82) is 0 Å². The zero-order valence-electron chi connectivity index (χ0n) is 9.94. The molecule has 1 atom stereocenters. The first-order valence-electron chi connectivity index (χ1n) is 5.36. The van der Waals surface area contributed by atoms with Crippen LogP contribution >= 0.6 is 0 Å². The monoisotopic (exact) mass is 249 g/mol. The minimum atomic E-state index is -0.552. The summed E-state index contributed by atoms with van der Waals surface area (Å²) >= 11 is 0. The van der Waals surface area contributed by atoms with E-state index in [1.54, 1.807) is 13.8 Å². The Balaban J connectivity index is 2.08. The van der Waals surface area contributed by atoms with E-state index >= 15 is 0 Å². The van der Waals surface area contributed by atoms with Gasteiger partial charge in [-0.3, -0.25) is 14.9 Å². The van der Waals surface area contributed by atoms with Crippen LogP contribution in [-0.2, 0) is 0 Å². The number of pyridine rings is 1. The van der Waals surface area contributed by atoms with Crippen molar-refractivity contribution in [3.8, 4) is 0 Å². The molecule has 0 spiro atoms. The Morgan fingerprint density at radius 3 is 2.89 bits per heavy atom. The summed E-state index contributed by atoms with van der Waals surface area (Å²) in [6, 6.07) is 0.754. The smallest absolute Gasteiger partial charge is 0.253 e. The van der Waals surface area contributed by atoms with Crippen LogP contribution in [0.25, 0.3) is 0 Å². The standard InChI is InChI=1S/C11H12FN5O/c1-6(10-15-7(2)16-17-10)14-11(18)8-3-9(12)5-13-4-8/h3-6H,1-2H3,(H,14,18)(H,15,16,17). The van der Waals surface area contributed by atoms with Gasteiger partial charge in [0.1, 0.15) is 11.6 Å². The molecule has 0 bridgehead atoms. The van der Waals surface area contributed by atoms with Gasteiger partial charge in [-0.05, 0) is 19.9 Å². The highest BCUT2D eigenvalue weighted by Crippen LogP contribution is 2.08. The van der Waals surface area contributed by atoms with E-state index in [1.807, 2.05) is 0 Å². The second-order valence-corrected chi connectivity index (χ2v) is 3.87. The lowest BCUT2D eigenvalue weighted by molar-refractivity contribution is 0.0937. The number of amides is 1. The highest BCUT2D eigenvalue weighted by Gasteiger charge is 2.15. The van der Waals surface area contributed by atoms with Crippen LogP contribution in [0.2, 0.25) is 0 Å². The highest BCUT2D eigenvalue weighted by molar-refractivity contribution is 5.94. The summed E-state index contributed by atoms with van der Waals surface area (Å²) in [4.78, 5) is 19.5. The van der Waals surface area contributed by atoms with Crippen molar-refractivity contribution in [1.82, 2.24) is 25.5 Å². The molecular formula is C11H12FN5O. The summed E-state index contributed by atoms with van der Waals surface area (Å²) in [5, 5.41) is 9.29. The summed E-state index contributed by atoms with van der Waals surface area (Å²) in [6.45, 7) is 3.51. The molecule has 2 heterocycles. The van der Waals surface area contributed by atoms with Gasteiger partial charge in [-0.1, -0.05) is 0 Å². The zero-order chi connectivity index (χ0) is 13.1. The Labute approximate surface area is 103 Å². The van der Waals surface area contributed by atoms with Crippen LogP contribution in [0.1, 0.15) is 35.0 Å². The molecule has 0 fully saturated rings. The van der Waals surface area contributed by atoms with Gasteiger partial charge in [-0.25, -0.2) is 9.37 Å². The molecule has 0 aliphatic rings. The lowest BCUT2D eigenvalue weighted by Crippen LogP contribution is -2.27. The maximum Gasteiger partial charge on any atom is 0.253 e. The number of carbonyl (C=O) groups excluding carboxylic acids is 1. The summed E-state index contributed by atoms with van der Waals surface area (Å²) in [6.07, 6.45) is 2.34. The number of rotatable bonds is 3. The van der Waals surface area contributed by atoms with E-state index in [4.69, 9.17) is 0 Å². The third-order valence-corrected chi connectivity index (χ3v) is 2.32. The summed E-state index contributed by atoms with van der Waals surface area (Å²) < 4.78 is 12.9. The Morgan fingerprint density at radius 1 is 1.50 bits per heavy atom. The number of halogens is 1. The number of aromatic nitrogens is 4. The van der Waals surface area contributed by atoms with Crippen molar-refractivity contribution in [3.05, 3.63) is 41.5 Å². The van der Waals surface area contributed by atoms with E-state index in [1.165, 1.54) is 6.20 Å². The molecule has 2 rings (SSSR count). The molecule has 2 aromatic rings. The summed E-state index contributed by atoms with van der Waals surface area (Å²) in [5.41, 5.74) is 0.161. The topological polar surface area (TPSA) is 83.6 Å². The normalized spacial score (nSPS) is 12.2. The number of aryl methyl sites for hydroxylation is 1. The molecule has 0 saturated carbocycles. The van der Waals surface area contributed by atoms with E-state index < -0.39 is 11.7 Å². The largest absolute Gasteiger partial charge is 0.342 e. The number of carbonyl (C=O) groups is 1. The molecule has 0 aliphatic carbocycles. The van der Waals surface area contributed by atoms with Crippen LogP contribution in [0.4, 0.5) is 4.39 Å². The lowest BCUT2D eigenvalue weighted by atomic mass is 10.2. The maximum absolute atomic E-state index is 12.9. The van der Waals surface area contributed by atoms with E-state index in [2.05, 4.69) is 25.5 Å². The van der Waals surface area contributed by atoms with Gasteiger partial charge >= 0.3 is 0 Å². The van der Waals surface area contributed by atoms with Crippen molar-refractivity contribution in [2.24, 2.45) is 0 Å². The first-order valence-corrected chi connectivity index (χ1v) is 5.36. The predicted molar refractivity (Wildman–Crippen MR) is 61.2 cm³/mol. The minimum Gasteiger partial charge on any atom is -0.342 e. The first kappa shape index (κ1) is 12.2. The fraction of sp³-hybridized carbons (Fsp3) is 0.273. The molecule has 6 nitrogen and oxygen atoms in total. The van der Waals surface area contributed by atoms with Gasteiger partial charge in [-0.2, -0.15) is 5.10 Å². The fourth-order valence-electron chi connectivity index (χ4n) is 1.43. The molecular weight excluding hydrogens is 237 g/mol. The third-order valence-electron chi connectivity index (χ3n) is 2.32. The molecule has 0 radical (unpaired) electrons. The maximum atomic E-state index is 12.9. The molecule has 1 amide bonds. The minimum absolute atomic E-state index is 0.161. The molecule has 0 aromatic carbocycles. The Morgan fingerprint density at radius 2 is 2.28 bits per heavy atom. The molecule has 7 heteroatoms. The number of hydrogen-bond donors (Lipinski definition) is 2. The van der Waals surface area contributed by atoms with Crippen molar-refractivity contribution >= 4 is 5.91 Å². The Hall–Kier alpha value is -2.31. The highest BCUT2D eigenvalue weighted by atomic mass is 19.1. The van der Waals surface area contributed by atoms with Gasteiger partial charge < -0.3 is 5.32 Å². The van der Waals surface area contributed by atoms with Crippen LogP contribution < -0.4 is 5.32 Å². The van der Waals surface area contributed by atoms with Crippen LogP contribution in [0.3, 0.4) is 0 Å². The Kier molecular flexibility index (Phi) is 3.31. The summed E-state index contributed by atoms with van der Waals surface area (Å²) in [5.74, 6) is 0.171. The molecule has 2 N–H and O–H groups in total. The van der Waals surface area contributed by atoms with Gasteiger partial charge in [-0.15, -0.1) is 0 Å². The second-order valence-electron chi connectivity index (χ2n) is 3.87. The second kappa shape index (κ2) is 4.91.